The fourth-order valence-corrected chi connectivity index (χ4v) is 3.15. The Morgan fingerprint density at radius 2 is 2.22 bits per heavy atom. The van der Waals surface area contributed by atoms with E-state index in [-0.39, 0.29) is 11.1 Å². The number of rotatable bonds is 1. The Labute approximate surface area is 111 Å². The van der Waals surface area contributed by atoms with Crippen LogP contribution in [0.1, 0.15) is 29.6 Å². The zero-order valence-corrected chi connectivity index (χ0v) is 11.0. The summed E-state index contributed by atoms with van der Waals surface area (Å²) in [7, 11) is 0. The molecule has 3 rings (SSSR count). The minimum Gasteiger partial charge on any atom is -0.452 e. The van der Waals surface area contributed by atoms with E-state index in [1.807, 2.05) is 4.90 Å². The van der Waals surface area contributed by atoms with E-state index in [1.165, 1.54) is 32.1 Å². The third kappa shape index (κ3) is 2.15. The van der Waals surface area contributed by atoms with Gasteiger partial charge in [-0.25, -0.2) is 0 Å². The molecular formula is C13H17ClN2O2. The Hall–Kier alpha value is -1.00. The highest BCUT2D eigenvalue weighted by Gasteiger charge is 2.32. The first-order chi connectivity index (χ1) is 8.75. The molecule has 0 spiro atoms. The molecule has 2 aliphatic rings. The van der Waals surface area contributed by atoms with Crippen molar-refractivity contribution in [2.45, 2.75) is 25.3 Å². The Bertz CT molecular complexity index is 446. The van der Waals surface area contributed by atoms with Gasteiger partial charge in [0.25, 0.3) is 5.91 Å². The minimum absolute atomic E-state index is 0.000950. The summed E-state index contributed by atoms with van der Waals surface area (Å²) in [5.41, 5.74) is 0.487. The zero-order valence-electron chi connectivity index (χ0n) is 10.3. The first-order valence-corrected chi connectivity index (χ1v) is 6.90. The second kappa shape index (κ2) is 4.94. The average molecular weight is 269 g/mol. The van der Waals surface area contributed by atoms with Crippen molar-refractivity contribution in [3.05, 3.63) is 23.1 Å². The molecule has 2 fully saturated rings. The highest BCUT2D eigenvalue weighted by atomic mass is 35.5. The van der Waals surface area contributed by atoms with Crippen LogP contribution in [0.5, 0.6) is 0 Å². The maximum atomic E-state index is 12.3. The summed E-state index contributed by atoms with van der Waals surface area (Å²) in [6.45, 7) is 3.77. The van der Waals surface area contributed by atoms with Gasteiger partial charge < -0.3 is 9.32 Å². The molecule has 0 bridgehead atoms. The van der Waals surface area contributed by atoms with Crippen LogP contribution in [-0.2, 0) is 0 Å². The molecule has 1 unspecified atom stereocenters. The summed E-state index contributed by atoms with van der Waals surface area (Å²) in [5, 5.41) is 0.200. The number of nitrogens with zero attached hydrogens (tertiary/aromatic N) is 2. The number of piperazine rings is 1. The van der Waals surface area contributed by atoms with Crippen molar-refractivity contribution in [1.29, 1.82) is 0 Å². The van der Waals surface area contributed by atoms with Gasteiger partial charge in [0.2, 0.25) is 5.22 Å². The highest BCUT2D eigenvalue weighted by Crippen LogP contribution is 2.24. The minimum atomic E-state index is -0.000950. The van der Waals surface area contributed by atoms with Crippen LogP contribution >= 0.6 is 11.6 Å². The quantitative estimate of drug-likeness (QED) is 0.784. The Morgan fingerprint density at radius 1 is 1.33 bits per heavy atom. The van der Waals surface area contributed by atoms with Gasteiger partial charge in [-0.1, -0.05) is 6.42 Å². The van der Waals surface area contributed by atoms with Crippen LogP contribution in [0, 0.1) is 0 Å². The van der Waals surface area contributed by atoms with Crippen molar-refractivity contribution in [2.24, 2.45) is 0 Å². The molecule has 2 saturated heterocycles. The summed E-state index contributed by atoms with van der Waals surface area (Å²) in [5.74, 6) is -0.000950. The molecule has 5 heteroatoms. The summed E-state index contributed by atoms with van der Waals surface area (Å²) in [6.07, 6.45) is 5.23. The van der Waals surface area contributed by atoms with Gasteiger partial charge in [-0.15, -0.1) is 0 Å². The highest BCUT2D eigenvalue weighted by molar-refractivity contribution is 6.32. The Morgan fingerprint density at radius 3 is 3.00 bits per heavy atom. The first-order valence-electron chi connectivity index (χ1n) is 6.52. The molecule has 0 N–H and O–H groups in total. The van der Waals surface area contributed by atoms with E-state index in [9.17, 15) is 4.79 Å². The lowest BCUT2D eigenvalue weighted by molar-refractivity contribution is 0.0372. The molecule has 1 amide bonds. The predicted octanol–water partition coefficient (Wildman–Crippen LogP) is 2.24. The van der Waals surface area contributed by atoms with E-state index >= 15 is 0 Å². The number of hydrogen-bond donors (Lipinski definition) is 0. The van der Waals surface area contributed by atoms with E-state index in [4.69, 9.17) is 16.0 Å². The van der Waals surface area contributed by atoms with Gasteiger partial charge in [-0.3, -0.25) is 9.69 Å². The lowest BCUT2D eigenvalue weighted by atomic mass is 9.99. The van der Waals surface area contributed by atoms with Gasteiger partial charge in [-0.05, 0) is 37.1 Å². The summed E-state index contributed by atoms with van der Waals surface area (Å²) in [6, 6.07) is 2.18. The molecular weight excluding hydrogens is 252 g/mol. The fourth-order valence-electron chi connectivity index (χ4n) is 2.96. The lowest BCUT2D eigenvalue weighted by Gasteiger charge is -2.43. The van der Waals surface area contributed by atoms with E-state index in [0.29, 0.717) is 11.6 Å². The van der Waals surface area contributed by atoms with Crippen molar-refractivity contribution < 1.29 is 9.21 Å². The monoisotopic (exact) mass is 268 g/mol. The second-order valence-electron chi connectivity index (χ2n) is 5.04. The molecule has 0 saturated carbocycles. The Balaban J connectivity index is 1.70. The normalized spacial score (nSPS) is 24.9. The third-order valence-corrected chi connectivity index (χ3v) is 4.27. The molecule has 0 aromatic carbocycles. The SMILES string of the molecule is O=C(c1ccoc1Cl)N1CCN2CCCCC2C1. The van der Waals surface area contributed by atoms with E-state index in [0.717, 1.165) is 19.6 Å². The van der Waals surface area contributed by atoms with Crippen LogP contribution in [0.4, 0.5) is 0 Å². The van der Waals surface area contributed by atoms with Gasteiger partial charge >= 0.3 is 0 Å². The van der Waals surface area contributed by atoms with E-state index in [2.05, 4.69) is 4.90 Å². The second-order valence-corrected chi connectivity index (χ2v) is 5.39. The average Bonchev–Trinajstić information content (AvgIpc) is 2.83. The number of carbonyl (C=O) groups excluding carboxylic acids is 1. The molecule has 18 heavy (non-hydrogen) atoms. The van der Waals surface area contributed by atoms with Crippen LogP contribution in [0.2, 0.25) is 5.22 Å². The largest absolute Gasteiger partial charge is 0.452 e. The maximum absolute atomic E-state index is 12.3. The Kier molecular flexibility index (Phi) is 3.31. The van der Waals surface area contributed by atoms with Crippen molar-refractivity contribution in [3.63, 3.8) is 0 Å². The summed E-state index contributed by atoms with van der Waals surface area (Å²) < 4.78 is 4.99. The van der Waals surface area contributed by atoms with Crippen molar-refractivity contribution in [1.82, 2.24) is 9.80 Å². The van der Waals surface area contributed by atoms with Crippen molar-refractivity contribution >= 4 is 17.5 Å². The number of halogens is 1. The molecule has 2 aliphatic heterocycles. The standard InChI is InChI=1S/C13H17ClN2O2/c14-12-11(4-8-18-12)13(17)16-7-6-15-5-2-1-3-10(15)9-16/h4,8,10H,1-3,5-7,9H2. The van der Waals surface area contributed by atoms with Gasteiger partial charge in [0.15, 0.2) is 0 Å². The summed E-state index contributed by atoms with van der Waals surface area (Å²) in [4.78, 5) is 16.7. The van der Waals surface area contributed by atoms with Gasteiger partial charge in [0, 0.05) is 25.7 Å². The van der Waals surface area contributed by atoms with Gasteiger partial charge in [-0.2, -0.15) is 0 Å². The maximum Gasteiger partial charge on any atom is 0.258 e. The van der Waals surface area contributed by atoms with Crippen LogP contribution in [0.3, 0.4) is 0 Å². The molecule has 1 atom stereocenters. The molecule has 1 aromatic rings. The fraction of sp³-hybridized carbons (Fsp3) is 0.615. The molecule has 98 valence electrons. The van der Waals surface area contributed by atoms with E-state index in [1.54, 1.807) is 6.07 Å². The molecule has 4 nitrogen and oxygen atoms in total. The number of fused-ring (bicyclic) bond motifs is 1. The van der Waals surface area contributed by atoms with E-state index < -0.39 is 0 Å². The zero-order chi connectivity index (χ0) is 12.5. The topological polar surface area (TPSA) is 36.7 Å². The number of amides is 1. The third-order valence-electron chi connectivity index (χ3n) is 3.97. The van der Waals surface area contributed by atoms with Crippen LogP contribution in [0.15, 0.2) is 16.7 Å². The smallest absolute Gasteiger partial charge is 0.258 e. The van der Waals surface area contributed by atoms with Crippen LogP contribution < -0.4 is 0 Å². The van der Waals surface area contributed by atoms with Gasteiger partial charge in [0.05, 0.1) is 11.8 Å². The summed E-state index contributed by atoms with van der Waals surface area (Å²) >= 11 is 5.87. The van der Waals surface area contributed by atoms with Crippen LogP contribution in [-0.4, -0.2) is 47.9 Å². The molecule has 0 aliphatic carbocycles. The molecule has 1 aromatic heterocycles. The van der Waals surface area contributed by atoms with Gasteiger partial charge in [0.1, 0.15) is 0 Å². The van der Waals surface area contributed by atoms with Crippen LogP contribution in [0.25, 0.3) is 0 Å². The number of furan rings is 1. The lowest BCUT2D eigenvalue weighted by Crippen LogP contribution is -2.56. The number of piperidine rings is 1. The van der Waals surface area contributed by atoms with Crippen molar-refractivity contribution in [3.8, 4) is 0 Å². The first kappa shape index (κ1) is 12.1. The molecule has 3 heterocycles. The number of carbonyl (C=O) groups is 1. The van der Waals surface area contributed by atoms with Crippen molar-refractivity contribution in [2.75, 3.05) is 26.2 Å². The number of hydrogen-bond acceptors (Lipinski definition) is 3. The predicted molar refractivity (Wildman–Crippen MR) is 68.8 cm³/mol. The molecule has 0 radical (unpaired) electrons.